The lowest BCUT2D eigenvalue weighted by Crippen LogP contribution is -2.03. The summed E-state index contributed by atoms with van der Waals surface area (Å²) < 4.78 is 1.66. The number of nitrogens with zero attached hydrogens (tertiary/aromatic N) is 2. The molecule has 16 heavy (non-hydrogen) atoms. The van der Waals surface area contributed by atoms with Gasteiger partial charge in [0.1, 0.15) is 0 Å². The molecule has 0 radical (unpaired) electrons. The Morgan fingerprint density at radius 3 is 2.69 bits per heavy atom. The molecule has 1 aromatic heterocycles. The van der Waals surface area contributed by atoms with Gasteiger partial charge in [0, 0.05) is 18.8 Å². The van der Waals surface area contributed by atoms with Gasteiger partial charge in [0.2, 0.25) is 0 Å². The van der Waals surface area contributed by atoms with Crippen LogP contribution in [0, 0.1) is 6.92 Å². The minimum atomic E-state index is -0.917. The van der Waals surface area contributed by atoms with E-state index in [1.54, 1.807) is 30.1 Å². The van der Waals surface area contributed by atoms with Gasteiger partial charge < -0.3 is 5.11 Å². The first-order chi connectivity index (χ1) is 7.59. The Balaban J connectivity index is 2.65. The van der Waals surface area contributed by atoms with Crippen LogP contribution in [0.1, 0.15) is 15.9 Å². The van der Waals surface area contributed by atoms with E-state index in [1.807, 2.05) is 19.1 Å². The molecule has 4 heteroatoms. The first kappa shape index (κ1) is 10.4. The lowest BCUT2D eigenvalue weighted by molar-refractivity contribution is 0.0697. The molecule has 0 saturated carbocycles. The smallest absolute Gasteiger partial charge is 0.336 e. The number of carboxylic acid groups (broad SMARTS) is 1. The van der Waals surface area contributed by atoms with Crippen LogP contribution in [0.5, 0.6) is 0 Å². The van der Waals surface area contributed by atoms with Crippen LogP contribution >= 0.6 is 0 Å². The predicted molar refractivity (Wildman–Crippen MR) is 60.3 cm³/mol. The van der Waals surface area contributed by atoms with Crippen LogP contribution in [0.4, 0.5) is 0 Å². The van der Waals surface area contributed by atoms with Crippen LogP contribution in [0.25, 0.3) is 11.3 Å². The zero-order valence-corrected chi connectivity index (χ0v) is 9.14. The lowest BCUT2D eigenvalue weighted by atomic mass is 10.0. The van der Waals surface area contributed by atoms with Crippen molar-refractivity contribution in [2.75, 3.05) is 0 Å². The van der Waals surface area contributed by atoms with Crippen LogP contribution < -0.4 is 0 Å². The zero-order chi connectivity index (χ0) is 11.7. The normalized spacial score (nSPS) is 10.4. The SMILES string of the molecule is Cc1ccc(-c2ccnn2C)c(C(=O)O)c1. The van der Waals surface area contributed by atoms with Gasteiger partial charge in [-0.05, 0) is 19.1 Å². The minimum Gasteiger partial charge on any atom is -0.478 e. The number of carbonyl (C=O) groups is 1. The standard InChI is InChI=1S/C12H12N2O2/c1-8-3-4-9(10(7-8)12(15)16)11-5-6-13-14(11)2/h3-7H,1-2H3,(H,15,16). The third-order valence-electron chi connectivity index (χ3n) is 2.50. The van der Waals surface area contributed by atoms with Crippen LogP contribution in [0.2, 0.25) is 0 Å². The summed E-state index contributed by atoms with van der Waals surface area (Å²) in [4.78, 5) is 11.2. The van der Waals surface area contributed by atoms with Crippen molar-refractivity contribution in [3.63, 3.8) is 0 Å². The van der Waals surface area contributed by atoms with Crippen LogP contribution in [0.3, 0.4) is 0 Å². The van der Waals surface area contributed by atoms with Crippen molar-refractivity contribution in [3.8, 4) is 11.3 Å². The van der Waals surface area contributed by atoms with E-state index in [0.717, 1.165) is 11.3 Å². The third-order valence-corrected chi connectivity index (χ3v) is 2.50. The Kier molecular flexibility index (Phi) is 2.48. The number of hydrogen-bond donors (Lipinski definition) is 1. The van der Waals surface area contributed by atoms with Crippen molar-refractivity contribution in [1.29, 1.82) is 0 Å². The minimum absolute atomic E-state index is 0.309. The van der Waals surface area contributed by atoms with Gasteiger partial charge in [-0.25, -0.2) is 4.79 Å². The predicted octanol–water partition coefficient (Wildman–Crippen LogP) is 2.09. The third kappa shape index (κ3) is 1.69. The van der Waals surface area contributed by atoms with Crippen molar-refractivity contribution < 1.29 is 9.90 Å². The molecule has 82 valence electrons. The fraction of sp³-hybridized carbons (Fsp3) is 0.167. The van der Waals surface area contributed by atoms with Crippen molar-refractivity contribution in [3.05, 3.63) is 41.6 Å². The van der Waals surface area contributed by atoms with Crippen LogP contribution in [-0.4, -0.2) is 20.9 Å². The highest BCUT2D eigenvalue weighted by atomic mass is 16.4. The van der Waals surface area contributed by atoms with Gasteiger partial charge in [-0.2, -0.15) is 5.10 Å². The number of benzene rings is 1. The zero-order valence-electron chi connectivity index (χ0n) is 9.14. The molecule has 0 aliphatic rings. The van der Waals surface area contributed by atoms with Gasteiger partial charge in [0.25, 0.3) is 0 Å². The summed E-state index contributed by atoms with van der Waals surface area (Å²) in [5.41, 5.74) is 2.74. The largest absolute Gasteiger partial charge is 0.478 e. The van der Waals surface area contributed by atoms with E-state index in [0.29, 0.717) is 11.1 Å². The van der Waals surface area contributed by atoms with Gasteiger partial charge in [-0.1, -0.05) is 17.7 Å². The highest BCUT2D eigenvalue weighted by Crippen LogP contribution is 2.24. The molecule has 0 saturated heterocycles. The Hall–Kier alpha value is -2.10. The quantitative estimate of drug-likeness (QED) is 0.836. The molecule has 0 fully saturated rings. The number of aryl methyl sites for hydroxylation is 2. The van der Waals surface area contributed by atoms with E-state index in [-0.39, 0.29) is 0 Å². The fourth-order valence-electron chi connectivity index (χ4n) is 1.70. The molecule has 0 atom stereocenters. The van der Waals surface area contributed by atoms with E-state index in [1.165, 1.54) is 0 Å². The highest BCUT2D eigenvalue weighted by Gasteiger charge is 2.13. The second-order valence-corrected chi connectivity index (χ2v) is 3.69. The van der Waals surface area contributed by atoms with Crippen molar-refractivity contribution in [2.45, 2.75) is 6.92 Å². The molecule has 4 nitrogen and oxygen atoms in total. The molecule has 1 aromatic carbocycles. The Morgan fingerprint density at radius 1 is 1.38 bits per heavy atom. The second-order valence-electron chi connectivity index (χ2n) is 3.69. The summed E-state index contributed by atoms with van der Waals surface area (Å²) >= 11 is 0. The van der Waals surface area contributed by atoms with Gasteiger partial charge >= 0.3 is 5.97 Å². The van der Waals surface area contributed by atoms with E-state index < -0.39 is 5.97 Å². The Morgan fingerprint density at radius 2 is 2.12 bits per heavy atom. The highest BCUT2D eigenvalue weighted by molar-refractivity contribution is 5.95. The molecule has 2 rings (SSSR count). The summed E-state index contributed by atoms with van der Waals surface area (Å²) in [6, 6.07) is 7.19. The van der Waals surface area contributed by atoms with Crippen molar-refractivity contribution >= 4 is 5.97 Å². The van der Waals surface area contributed by atoms with Crippen LogP contribution in [-0.2, 0) is 7.05 Å². The summed E-state index contributed by atoms with van der Waals surface area (Å²) in [6.45, 7) is 1.87. The van der Waals surface area contributed by atoms with E-state index in [2.05, 4.69) is 5.10 Å². The number of hydrogen-bond acceptors (Lipinski definition) is 2. The number of carboxylic acids is 1. The molecule has 0 amide bonds. The molecule has 1 N–H and O–H groups in total. The van der Waals surface area contributed by atoms with Gasteiger partial charge in [0.15, 0.2) is 0 Å². The molecule has 0 aliphatic carbocycles. The molecule has 1 heterocycles. The van der Waals surface area contributed by atoms with E-state index in [9.17, 15) is 4.79 Å². The fourth-order valence-corrected chi connectivity index (χ4v) is 1.70. The molecular formula is C12H12N2O2. The summed E-state index contributed by atoms with van der Waals surface area (Å²) in [6.07, 6.45) is 1.65. The Bertz CT molecular complexity index is 544. The lowest BCUT2D eigenvalue weighted by Gasteiger charge is -2.07. The monoisotopic (exact) mass is 216 g/mol. The molecule has 0 bridgehead atoms. The maximum Gasteiger partial charge on any atom is 0.336 e. The van der Waals surface area contributed by atoms with Gasteiger partial charge in [-0.15, -0.1) is 0 Å². The number of rotatable bonds is 2. The first-order valence-electron chi connectivity index (χ1n) is 4.92. The Labute approximate surface area is 93.1 Å². The molecular weight excluding hydrogens is 204 g/mol. The molecule has 0 aliphatic heterocycles. The van der Waals surface area contributed by atoms with Crippen molar-refractivity contribution in [1.82, 2.24) is 9.78 Å². The summed E-state index contributed by atoms with van der Waals surface area (Å²) in [5.74, 6) is -0.917. The van der Waals surface area contributed by atoms with E-state index in [4.69, 9.17) is 5.11 Å². The average Bonchev–Trinajstić information content (AvgIpc) is 2.64. The molecule has 0 unspecified atom stereocenters. The van der Waals surface area contributed by atoms with Gasteiger partial charge in [0.05, 0.1) is 11.3 Å². The molecule has 0 spiro atoms. The maximum absolute atomic E-state index is 11.2. The second kappa shape index (κ2) is 3.81. The first-order valence-corrected chi connectivity index (χ1v) is 4.92. The number of aromatic nitrogens is 2. The van der Waals surface area contributed by atoms with Crippen LogP contribution in [0.15, 0.2) is 30.5 Å². The number of aromatic carboxylic acids is 1. The molecule has 2 aromatic rings. The topological polar surface area (TPSA) is 55.1 Å². The average molecular weight is 216 g/mol. The van der Waals surface area contributed by atoms with E-state index >= 15 is 0 Å². The maximum atomic E-state index is 11.2. The van der Waals surface area contributed by atoms with Crippen molar-refractivity contribution in [2.24, 2.45) is 7.05 Å². The summed E-state index contributed by atoms with van der Waals surface area (Å²) in [7, 11) is 1.79. The van der Waals surface area contributed by atoms with Gasteiger partial charge in [-0.3, -0.25) is 4.68 Å². The summed E-state index contributed by atoms with van der Waals surface area (Å²) in [5, 5.41) is 13.2.